The molecule has 0 unspecified atom stereocenters. The molecule has 1 aromatic heterocycles. The summed E-state index contributed by atoms with van der Waals surface area (Å²) < 4.78 is 39.3. The first-order chi connectivity index (χ1) is 14.3. The predicted molar refractivity (Wildman–Crippen MR) is 112 cm³/mol. The third kappa shape index (κ3) is 6.36. The largest absolute Gasteiger partial charge is 0.418 e. The van der Waals surface area contributed by atoms with E-state index in [4.69, 9.17) is 11.6 Å². The van der Waals surface area contributed by atoms with Crippen LogP contribution in [0.2, 0.25) is 5.02 Å². The Morgan fingerprint density at radius 2 is 1.80 bits per heavy atom. The highest BCUT2D eigenvalue weighted by Crippen LogP contribution is 2.36. The number of thioether (sulfide) groups is 1. The molecule has 3 rings (SSSR count). The molecule has 10 heteroatoms. The van der Waals surface area contributed by atoms with Gasteiger partial charge in [0.1, 0.15) is 10.8 Å². The van der Waals surface area contributed by atoms with Gasteiger partial charge in [-0.05, 0) is 35.9 Å². The number of hydrogen-bond donors (Lipinski definition) is 2. The molecule has 0 atom stereocenters. The van der Waals surface area contributed by atoms with Gasteiger partial charge in [-0.25, -0.2) is 0 Å². The number of carbonyl (C=O) groups is 1. The number of amides is 1. The van der Waals surface area contributed by atoms with Crippen LogP contribution in [0.1, 0.15) is 11.1 Å². The van der Waals surface area contributed by atoms with Crippen molar-refractivity contribution in [3.05, 3.63) is 76.8 Å². The SMILES string of the molecule is O=C(CSc1ccc(NCc2ccccc2)nn1)Nc1ccc(Cl)cc1C(F)(F)F. The van der Waals surface area contributed by atoms with Crippen LogP contribution in [-0.2, 0) is 17.5 Å². The topological polar surface area (TPSA) is 66.9 Å². The summed E-state index contributed by atoms with van der Waals surface area (Å²) in [5, 5.41) is 13.9. The number of nitrogens with one attached hydrogen (secondary N) is 2. The second-order valence-corrected chi connectivity index (χ2v) is 7.55. The molecular weight excluding hydrogens is 437 g/mol. The Kier molecular flexibility index (Phi) is 7.17. The lowest BCUT2D eigenvalue weighted by Crippen LogP contribution is -2.18. The molecule has 0 saturated carbocycles. The van der Waals surface area contributed by atoms with Crippen LogP contribution in [0.15, 0.2) is 65.7 Å². The van der Waals surface area contributed by atoms with Gasteiger partial charge in [-0.1, -0.05) is 53.7 Å². The van der Waals surface area contributed by atoms with Crippen molar-refractivity contribution in [2.45, 2.75) is 17.7 Å². The van der Waals surface area contributed by atoms with Gasteiger partial charge >= 0.3 is 6.18 Å². The van der Waals surface area contributed by atoms with E-state index in [0.29, 0.717) is 17.4 Å². The van der Waals surface area contributed by atoms with Gasteiger partial charge in [-0.15, -0.1) is 10.2 Å². The average Bonchev–Trinajstić information content (AvgIpc) is 2.73. The van der Waals surface area contributed by atoms with Crippen LogP contribution in [0, 0.1) is 0 Å². The lowest BCUT2D eigenvalue weighted by Gasteiger charge is -2.14. The third-order valence-corrected chi connectivity index (χ3v) is 5.02. The van der Waals surface area contributed by atoms with Crippen molar-refractivity contribution in [3.8, 4) is 0 Å². The van der Waals surface area contributed by atoms with Crippen molar-refractivity contribution in [2.75, 3.05) is 16.4 Å². The summed E-state index contributed by atoms with van der Waals surface area (Å²) in [7, 11) is 0. The maximum absolute atomic E-state index is 13.1. The van der Waals surface area contributed by atoms with E-state index in [-0.39, 0.29) is 16.5 Å². The van der Waals surface area contributed by atoms with Crippen LogP contribution >= 0.6 is 23.4 Å². The Morgan fingerprint density at radius 1 is 1.03 bits per heavy atom. The van der Waals surface area contributed by atoms with Crippen LogP contribution < -0.4 is 10.6 Å². The fourth-order valence-electron chi connectivity index (χ4n) is 2.47. The first-order valence-corrected chi connectivity index (χ1v) is 10.1. The third-order valence-electron chi connectivity index (χ3n) is 3.87. The lowest BCUT2D eigenvalue weighted by molar-refractivity contribution is -0.137. The number of rotatable bonds is 7. The Labute approximate surface area is 180 Å². The van der Waals surface area contributed by atoms with E-state index in [1.165, 1.54) is 6.07 Å². The molecule has 0 aliphatic heterocycles. The zero-order valence-corrected chi connectivity index (χ0v) is 17.0. The van der Waals surface area contributed by atoms with Crippen molar-refractivity contribution in [3.63, 3.8) is 0 Å². The molecule has 1 heterocycles. The fourth-order valence-corrected chi connectivity index (χ4v) is 3.25. The van der Waals surface area contributed by atoms with E-state index in [0.717, 1.165) is 29.5 Å². The molecule has 0 saturated heterocycles. The molecule has 3 aromatic rings. The smallest absolute Gasteiger partial charge is 0.365 e. The second-order valence-electron chi connectivity index (χ2n) is 6.12. The molecule has 2 aromatic carbocycles. The molecule has 30 heavy (non-hydrogen) atoms. The summed E-state index contributed by atoms with van der Waals surface area (Å²) in [6, 6.07) is 16.4. The van der Waals surface area contributed by atoms with Crippen LogP contribution in [0.5, 0.6) is 0 Å². The van der Waals surface area contributed by atoms with Gasteiger partial charge in [0.25, 0.3) is 0 Å². The summed E-state index contributed by atoms with van der Waals surface area (Å²) in [5.41, 5.74) is -0.249. The lowest BCUT2D eigenvalue weighted by atomic mass is 10.1. The van der Waals surface area contributed by atoms with Gasteiger partial charge in [-0.3, -0.25) is 4.79 Å². The standard InChI is InChI=1S/C20H16ClF3N4OS/c21-14-6-7-16(15(10-14)20(22,23)24)26-18(29)12-30-19-9-8-17(27-28-19)25-11-13-4-2-1-3-5-13/h1-10H,11-12H2,(H,25,27)(H,26,29). The number of carbonyl (C=O) groups excluding carboxylic acids is 1. The van der Waals surface area contributed by atoms with Crippen LogP contribution in [-0.4, -0.2) is 21.9 Å². The van der Waals surface area contributed by atoms with Crippen LogP contribution in [0.3, 0.4) is 0 Å². The molecule has 0 radical (unpaired) electrons. The van der Waals surface area contributed by atoms with Crippen molar-refractivity contribution < 1.29 is 18.0 Å². The normalized spacial score (nSPS) is 11.2. The Balaban J connectivity index is 1.53. The molecule has 1 amide bonds. The van der Waals surface area contributed by atoms with Gasteiger partial charge in [0.15, 0.2) is 0 Å². The summed E-state index contributed by atoms with van der Waals surface area (Å²) in [6.07, 6.45) is -4.63. The van der Waals surface area contributed by atoms with E-state index in [1.807, 2.05) is 30.3 Å². The Bertz CT molecular complexity index is 1000. The molecule has 5 nitrogen and oxygen atoms in total. The van der Waals surface area contributed by atoms with E-state index in [1.54, 1.807) is 12.1 Å². The number of hydrogen-bond acceptors (Lipinski definition) is 5. The zero-order valence-electron chi connectivity index (χ0n) is 15.4. The van der Waals surface area contributed by atoms with Crippen LogP contribution in [0.4, 0.5) is 24.7 Å². The zero-order chi connectivity index (χ0) is 21.6. The number of anilines is 2. The molecule has 0 aliphatic rings. The van der Waals surface area contributed by atoms with E-state index in [2.05, 4.69) is 20.8 Å². The summed E-state index contributed by atoms with van der Waals surface area (Å²) >= 11 is 6.70. The maximum Gasteiger partial charge on any atom is 0.418 e. The fraction of sp³-hybridized carbons (Fsp3) is 0.150. The van der Waals surface area contributed by atoms with Gasteiger partial charge in [0, 0.05) is 11.6 Å². The molecule has 0 aliphatic carbocycles. The summed E-state index contributed by atoms with van der Waals surface area (Å²) in [5.74, 6) is -0.143. The van der Waals surface area contributed by atoms with Crippen LogP contribution in [0.25, 0.3) is 0 Å². The number of aromatic nitrogens is 2. The van der Waals surface area contributed by atoms with Gasteiger partial charge < -0.3 is 10.6 Å². The molecule has 0 bridgehead atoms. The average molecular weight is 453 g/mol. The van der Waals surface area contributed by atoms with Crippen molar-refractivity contribution in [1.29, 1.82) is 0 Å². The van der Waals surface area contributed by atoms with E-state index in [9.17, 15) is 18.0 Å². The first kappa shape index (κ1) is 21.9. The summed E-state index contributed by atoms with van der Waals surface area (Å²) in [6.45, 7) is 0.590. The summed E-state index contributed by atoms with van der Waals surface area (Å²) in [4.78, 5) is 12.1. The highest BCUT2D eigenvalue weighted by Gasteiger charge is 2.34. The molecule has 2 N–H and O–H groups in total. The number of halogens is 4. The molecule has 0 spiro atoms. The number of benzene rings is 2. The van der Waals surface area contributed by atoms with Gasteiger partial charge in [-0.2, -0.15) is 13.2 Å². The maximum atomic E-state index is 13.1. The van der Waals surface area contributed by atoms with Gasteiger partial charge in [0.05, 0.1) is 17.0 Å². The quantitative estimate of drug-likeness (QED) is 0.464. The monoisotopic (exact) mass is 452 g/mol. The minimum absolute atomic E-state index is 0.0639. The highest BCUT2D eigenvalue weighted by atomic mass is 35.5. The number of alkyl halides is 3. The van der Waals surface area contributed by atoms with Crippen molar-refractivity contribution in [2.24, 2.45) is 0 Å². The second kappa shape index (κ2) is 9.82. The number of nitrogens with zero attached hydrogens (tertiary/aromatic N) is 2. The molecule has 156 valence electrons. The highest BCUT2D eigenvalue weighted by molar-refractivity contribution is 7.99. The first-order valence-electron chi connectivity index (χ1n) is 8.72. The minimum atomic E-state index is -4.63. The molecular formula is C20H16ClF3N4OS. The molecule has 0 fully saturated rings. The Morgan fingerprint density at radius 3 is 2.47 bits per heavy atom. The van der Waals surface area contributed by atoms with E-state index < -0.39 is 17.6 Å². The minimum Gasteiger partial charge on any atom is -0.365 e. The van der Waals surface area contributed by atoms with Gasteiger partial charge in [0.2, 0.25) is 5.91 Å². The predicted octanol–water partition coefficient (Wildman–Crippen LogP) is 5.49. The van der Waals surface area contributed by atoms with Crippen molar-refractivity contribution in [1.82, 2.24) is 10.2 Å². The van der Waals surface area contributed by atoms with Crippen molar-refractivity contribution >= 4 is 40.8 Å². The van der Waals surface area contributed by atoms with E-state index >= 15 is 0 Å². The Hall–Kier alpha value is -2.78.